The molecule has 0 aliphatic rings. The lowest BCUT2D eigenvalue weighted by Gasteiger charge is -2.63. The van der Waals surface area contributed by atoms with E-state index in [4.69, 9.17) is 0 Å². The van der Waals surface area contributed by atoms with E-state index >= 15 is 0 Å². The van der Waals surface area contributed by atoms with Crippen molar-refractivity contribution in [3.05, 3.63) is 0 Å². The highest BCUT2D eigenvalue weighted by atomic mass is 30.1. The van der Waals surface area contributed by atoms with Gasteiger partial charge >= 0.3 is 0 Å². The van der Waals surface area contributed by atoms with Crippen LogP contribution in [0.15, 0.2) is 0 Å². The molecule has 7 heteroatoms. The smallest absolute Gasteiger partial charge is 0.0354 e. The fourth-order valence-corrected chi connectivity index (χ4v) is 195. The van der Waals surface area contributed by atoms with Crippen LogP contribution < -0.4 is 0 Å². The second kappa shape index (κ2) is 6.30. The van der Waals surface area contributed by atoms with E-state index in [0.717, 1.165) is 0 Å². The molecular formula is C16H48Si7. The van der Waals surface area contributed by atoms with Gasteiger partial charge in [0.15, 0.2) is 0 Å². The first-order chi connectivity index (χ1) is 9.50. The molecule has 0 bridgehead atoms. The van der Waals surface area contributed by atoms with E-state index in [1.807, 2.05) is 0 Å². The fourth-order valence-electron chi connectivity index (χ4n) is 4.22. The van der Waals surface area contributed by atoms with E-state index in [1.54, 1.807) is 0 Å². The molecule has 0 saturated heterocycles. The molecule has 0 unspecified atom stereocenters. The Hall–Kier alpha value is 1.52. The third kappa shape index (κ3) is 3.53. The Morgan fingerprint density at radius 3 is 0.478 bits per heavy atom. The van der Waals surface area contributed by atoms with E-state index in [9.17, 15) is 0 Å². The maximum atomic E-state index is 2.88. The lowest BCUT2D eigenvalue weighted by atomic mass is 11.8. The van der Waals surface area contributed by atoms with Crippen LogP contribution in [-0.2, 0) is 0 Å². The van der Waals surface area contributed by atoms with Crippen molar-refractivity contribution in [1.82, 2.24) is 0 Å². The molecule has 0 aromatic heterocycles. The first-order valence-electron chi connectivity index (χ1n) is 9.50. The Kier molecular flexibility index (Phi) is 6.71. The zero-order valence-corrected chi connectivity index (χ0v) is 26.5. The molecule has 0 fully saturated rings. The predicted molar refractivity (Wildman–Crippen MR) is 134 cm³/mol. The van der Waals surface area contributed by atoms with Crippen molar-refractivity contribution in [2.45, 2.75) is 105 Å². The van der Waals surface area contributed by atoms with Crippen LogP contribution in [-0.4, -0.2) is 50.7 Å². The molecular weight excluding hydrogens is 389 g/mol. The van der Waals surface area contributed by atoms with E-state index in [-0.39, 0.29) is 0 Å². The quantitative estimate of drug-likeness (QED) is 0.407. The summed E-state index contributed by atoms with van der Waals surface area (Å²) in [6, 6.07) is 0. The molecule has 0 spiro atoms. The van der Waals surface area contributed by atoms with E-state index in [0.29, 0.717) is 0 Å². The normalized spacial score (nSPS) is 16.7. The highest BCUT2D eigenvalue weighted by molar-refractivity contribution is 8.00. The maximum Gasteiger partial charge on any atom is 0.0354 e. The van der Waals surface area contributed by atoms with Gasteiger partial charge in [0, 0.05) is 50.7 Å². The van der Waals surface area contributed by atoms with E-state index in [1.165, 1.54) is 0 Å². The van der Waals surface area contributed by atoms with Crippen molar-refractivity contribution in [3.8, 4) is 0 Å². The summed E-state index contributed by atoms with van der Waals surface area (Å²) >= 11 is 0. The largest absolute Gasteiger partial charge is 0.0735 e. The van der Waals surface area contributed by atoms with Crippen molar-refractivity contribution in [1.29, 1.82) is 0 Å². The van der Waals surface area contributed by atoms with Gasteiger partial charge in [-0.1, -0.05) is 105 Å². The zero-order chi connectivity index (χ0) is 19.5. The minimum Gasteiger partial charge on any atom is -0.0735 e. The minimum absolute atomic E-state index is 1.03. The second-order valence-corrected chi connectivity index (χ2v) is 91.9. The summed E-state index contributed by atoms with van der Waals surface area (Å²) in [7, 11) is -7.76. The highest BCUT2D eigenvalue weighted by Gasteiger charge is 2.66. The van der Waals surface area contributed by atoms with Crippen LogP contribution in [0.1, 0.15) is 0 Å². The zero-order valence-electron chi connectivity index (χ0n) is 19.5. The van der Waals surface area contributed by atoms with Crippen LogP contribution >= 0.6 is 0 Å². The molecule has 0 heterocycles. The predicted octanol–water partition coefficient (Wildman–Crippen LogP) is 6.68. The third-order valence-corrected chi connectivity index (χ3v) is 158. The molecule has 23 heavy (non-hydrogen) atoms. The molecule has 0 amide bonds. The van der Waals surface area contributed by atoms with Gasteiger partial charge in [0.1, 0.15) is 0 Å². The molecule has 0 rings (SSSR count). The van der Waals surface area contributed by atoms with Crippen LogP contribution in [0.4, 0.5) is 0 Å². The second-order valence-electron chi connectivity index (χ2n) is 12.6. The van der Waals surface area contributed by atoms with Crippen molar-refractivity contribution in [3.63, 3.8) is 0 Å². The summed E-state index contributed by atoms with van der Waals surface area (Å²) in [5, 5.41) is 0. The molecule has 140 valence electrons. The summed E-state index contributed by atoms with van der Waals surface area (Å²) in [4.78, 5) is 0. The molecule has 0 N–H and O–H groups in total. The molecule has 0 aliphatic carbocycles. The molecule has 0 atom stereocenters. The number of rotatable bonds is 6. The lowest BCUT2D eigenvalue weighted by Crippen LogP contribution is -2.90. The summed E-state index contributed by atoms with van der Waals surface area (Å²) in [5.41, 5.74) is 0. The summed E-state index contributed by atoms with van der Waals surface area (Å²) < 4.78 is 0. The highest BCUT2D eigenvalue weighted by Crippen LogP contribution is 2.43. The van der Waals surface area contributed by atoms with Crippen molar-refractivity contribution >= 4 is 50.7 Å². The molecule has 0 aromatic rings. The summed E-state index contributed by atoms with van der Waals surface area (Å²) in [6.07, 6.45) is 0. The van der Waals surface area contributed by atoms with Gasteiger partial charge in [-0.05, 0) is 0 Å². The molecule has 0 saturated carbocycles. The Morgan fingerprint density at radius 2 is 0.348 bits per heavy atom. The minimum atomic E-state index is -1.18. The van der Waals surface area contributed by atoms with E-state index < -0.39 is 50.7 Å². The van der Waals surface area contributed by atoms with Gasteiger partial charge in [-0.25, -0.2) is 0 Å². The first-order valence-corrected chi connectivity index (χ1v) is 37.5. The Bertz CT molecular complexity index is 394. The van der Waals surface area contributed by atoms with Gasteiger partial charge < -0.3 is 0 Å². The number of hydrogen-bond donors (Lipinski definition) is 0. The summed E-state index contributed by atoms with van der Waals surface area (Å²) in [6.45, 7) is 44.6. The number of hydrogen-bond acceptors (Lipinski definition) is 0. The van der Waals surface area contributed by atoms with Gasteiger partial charge in [0.2, 0.25) is 0 Å². The molecule has 0 radical (unpaired) electrons. The maximum absolute atomic E-state index is 2.88. The van der Waals surface area contributed by atoms with Gasteiger partial charge in [-0.2, -0.15) is 0 Å². The van der Waals surface area contributed by atoms with Crippen LogP contribution in [0.2, 0.25) is 105 Å². The fraction of sp³-hybridized carbons (Fsp3) is 1.00. The Balaban J connectivity index is 6.37. The van der Waals surface area contributed by atoms with Crippen LogP contribution in [0.25, 0.3) is 0 Å². The topological polar surface area (TPSA) is 0 Å². The van der Waals surface area contributed by atoms with Gasteiger partial charge in [-0.15, -0.1) is 0 Å². The average Bonchev–Trinajstić information content (AvgIpc) is 2.24. The first kappa shape index (κ1) is 24.5. The van der Waals surface area contributed by atoms with Crippen LogP contribution in [0.5, 0.6) is 0 Å². The van der Waals surface area contributed by atoms with Crippen molar-refractivity contribution in [2.24, 2.45) is 0 Å². The summed E-state index contributed by atoms with van der Waals surface area (Å²) in [5.74, 6) is 0. The SMILES string of the molecule is C[Si](C)(C)[Si](C)(C)[Si](C)(C)[Si](C)(C)[Si](C)(C)[Si](C)(C)[Si](C)(C)C. The average molecular weight is 437 g/mol. The van der Waals surface area contributed by atoms with Crippen LogP contribution in [0, 0.1) is 0 Å². The van der Waals surface area contributed by atoms with E-state index in [2.05, 4.69) is 105 Å². The standard InChI is InChI=1S/C16H48Si7/c1-17(2,3)19(7,8)21(11,12)23(15,16)22(13,14)20(9,10)18(4,5)6/h1-16H3. The van der Waals surface area contributed by atoms with Gasteiger partial charge in [0.05, 0.1) is 0 Å². The van der Waals surface area contributed by atoms with Crippen molar-refractivity contribution in [2.75, 3.05) is 0 Å². The molecule has 0 aliphatic heterocycles. The molecule has 0 aromatic carbocycles. The Morgan fingerprint density at radius 1 is 0.217 bits per heavy atom. The van der Waals surface area contributed by atoms with Gasteiger partial charge in [0.25, 0.3) is 0 Å². The molecule has 0 nitrogen and oxygen atoms in total. The lowest BCUT2D eigenvalue weighted by molar-refractivity contribution is 1.71. The third-order valence-electron chi connectivity index (χ3n) is 10.0. The van der Waals surface area contributed by atoms with Crippen molar-refractivity contribution < 1.29 is 0 Å². The Labute approximate surface area is 155 Å². The van der Waals surface area contributed by atoms with Crippen LogP contribution in [0.3, 0.4) is 0 Å². The van der Waals surface area contributed by atoms with Gasteiger partial charge in [-0.3, -0.25) is 0 Å². The monoisotopic (exact) mass is 436 g/mol.